The molecule has 17 heavy (non-hydrogen) atoms. The van der Waals surface area contributed by atoms with Gasteiger partial charge in [0.15, 0.2) is 0 Å². The lowest BCUT2D eigenvalue weighted by atomic mass is 9.80. The molecule has 1 N–H and O–H groups in total. The highest BCUT2D eigenvalue weighted by molar-refractivity contribution is 5.12. The van der Waals surface area contributed by atoms with Crippen LogP contribution in [0.1, 0.15) is 45.6 Å². The number of nitrogens with zero attached hydrogens (tertiary/aromatic N) is 2. The number of rotatable bonds is 5. The third-order valence-electron chi connectivity index (χ3n) is 4.04. The lowest BCUT2D eigenvalue weighted by Gasteiger charge is -2.33. The number of aryl methyl sites for hydroxylation is 1. The van der Waals surface area contributed by atoms with Crippen molar-refractivity contribution in [2.45, 2.75) is 58.5 Å². The molecule has 1 aromatic heterocycles. The van der Waals surface area contributed by atoms with Crippen molar-refractivity contribution in [1.29, 1.82) is 0 Å². The molecule has 3 nitrogen and oxygen atoms in total. The summed E-state index contributed by atoms with van der Waals surface area (Å²) in [5.41, 5.74) is 1.68. The van der Waals surface area contributed by atoms with Crippen LogP contribution >= 0.6 is 0 Å². The lowest BCUT2D eigenvalue weighted by Crippen LogP contribution is -2.46. The minimum Gasteiger partial charge on any atom is -0.311 e. The van der Waals surface area contributed by atoms with Gasteiger partial charge in [0.05, 0.1) is 6.20 Å². The van der Waals surface area contributed by atoms with Crippen LogP contribution < -0.4 is 5.32 Å². The van der Waals surface area contributed by atoms with Gasteiger partial charge in [0.1, 0.15) is 0 Å². The highest BCUT2D eigenvalue weighted by Gasteiger charge is 2.36. The maximum atomic E-state index is 4.43. The molecule has 2 heterocycles. The molecule has 2 rings (SSSR count). The van der Waals surface area contributed by atoms with Crippen molar-refractivity contribution >= 4 is 0 Å². The van der Waals surface area contributed by atoms with E-state index in [1.54, 1.807) is 0 Å². The molecular weight excluding hydrogens is 210 g/mol. The summed E-state index contributed by atoms with van der Waals surface area (Å²) in [7, 11) is 0. The van der Waals surface area contributed by atoms with E-state index in [1.807, 2.05) is 6.20 Å². The van der Waals surface area contributed by atoms with Crippen molar-refractivity contribution in [3.05, 3.63) is 18.0 Å². The fourth-order valence-corrected chi connectivity index (χ4v) is 2.89. The van der Waals surface area contributed by atoms with E-state index in [9.17, 15) is 0 Å². The quantitative estimate of drug-likeness (QED) is 0.850. The molecule has 1 fully saturated rings. The van der Waals surface area contributed by atoms with E-state index in [1.165, 1.54) is 24.9 Å². The molecule has 0 amide bonds. The molecule has 0 aliphatic carbocycles. The van der Waals surface area contributed by atoms with Crippen LogP contribution in [-0.2, 0) is 13.0 Å². The van der Waals surface area contributed by atoms with Gasteiger partial charge < -0.3 is 5.32 Å². The number of hydrogen-bond acceptors (Lipinski definition) is 2. The van der Waals surface area contributed by atoms with Crippen LogP contribution in [0.15, 0.2) is 12.4 Å². The molecule has 96 valence electrons. The van der Waals surface area contributed by atoms with Crippen LogP contribution in [0.2, 0.25) is 0 Å². The monoisotopic (exact) mass is 235 g/mol. The molecule has 1 saturated heterocycles. The van der Waals surface area contributed by atoms with Gasteiger partial charge in [-0.25, -0.2) is 0 Å². The van der Waals surface area contributed by atoms with E-state index in [2.05, 4.69) is 42.1 Å². The van der Waals surface area contributed by atoms with Gasteiger partial charge >= 0.3 is 0 Å². The van der Waals surface area contributed by atoms with Gasteiger partial charge in [-0.2, -0.15) is 5.10 Å². The standard InChI is InChI=1S/C14H25N3/c1-4-8-17-11-13(10-16-17)9-14(12(2)3)6-5-7-15-14/h10-12,15H,4-9H2,1-3H3. The summed E-state index contributed by atoms with van der Waals surface area (Å²) in [5.74, 6) is 0.680. The van der Waals surface area contributed by atoms with Crippen LogP contribution in [0, 0.1) is 5.92 Å². The highest BCUT2D eigenvalue weighted by atomic mass is 15.3. The summed E-state index contributed by atoms with van der Waals surface area (Å²) in [6, 6.07) is 0. The van der Waals surface area contributed by atoms with Crippen molar-refractivity contribution in [2.24, 2.45) is 5.92 Å². The van der Waals surface area contributed by atoms with Gasteiger partial charge in [-0.05, 0) is 43.7 Å². The Labute approximate surface area is 105 Å². The summed E-state index contributed by atoms with van der Waals surface area (Å²) in [5, 5.41) is 8.15. The van der Waals surface area contributed by atoms with Gasteiger partial charge in [0.2, 0.25) is 0 Å². The predicted octanol–water partition coefficient (Wildman–Crippen LogP) is 2.61. The second-order valence-corrected chi connectivity index (χ2v) is 5.63. The van der Waals surface area contributed by atoms with Crippen molar-refractivity contribution in [3.8, 4) is 0 Å². The predicted molar refractivity (Wildman–Crippen MR) is 71.0 cm³/mol. The van der Waals surface area contributed by atoms with E-state index in [4.69, 9.17) is 0 Å². The zero-order chi connectivity index (χ0) is 12.3. The smallest absolute Gasteiger partial charge is 0.0522 e. The Bertz CT molecular complexity index is 348. The first-order valence-corrected chi connectivity index (χ1v) is 6.92. The Morgan fingerprint density at radius 2 is 2.35 bits per heavy atom. The Morgan fingerprint density at radius 1 is 1.53 bits per heavy atom. The normalized spacial score (nSPS) is 24.7. The van der Waals surface area contributed by atoms with Gasteiger partial charge in [-0.15, -0.1) is 0 Å². The zero-order valence-corrected chi connectivity index (χ0v) is 11.4. The Hall–Kier alpha value is -0.830. The fourth-order valence-electron chi connectivity index (χ4n) is 2.89. The largest absolute Gasteiger partial charge is 0.311 e. The first kappa shape index (κ1) is 12.6. The topological polar surface area (TPSA) is 29.9 Å². The number of hydrogen-bond donors (Lipinski definition) is 1. The molecular formula is C14H25N3. The fraction of sp³-hybridized carbons (Fsp3) is 0.786. The van der Waals surface area contributed by atoms with E-state index >= 15 is 0 Å². The maximum Gasteiger partial charge on any atom is 0.0522 e. The van der Waals surface area contributed by atoms with Crippen molar-refractivity contribution < 1.29 is 0 Å². The molecule has 3 heteroatoms. The first-order valence-electron chi connectivity index (χ1n) is 6.92. The number of aromatic nitrogens is 2. The average Bonchev–Trinajstić information content (AvgIpc) is 2.90. The van der Waals surface area contributed by atoms with Crippen LogP contribution in [0.4, 0.5) is 0 Å². The molecule has 0 aromatic carbocycles. The summed E-state index contributed by atoms with van der Waals surface area (Å²) >= 11 is 0. The minimum atomic E-state index is 0.306. The summed E-state index contributed by atoms with van der Waals surface area (Å²) in [6.45, 7) is 9.04. The van der Waals surface area contributed by atoms with Gasteiger partial charge in [0, 0.05) is 18.3 Å². The summed E-state index contributed by atoms with van der Waals surface area (Å²) in [4.78, 5) is 0. The molecule has 0 spiro atoms. The summed E-state index contributed by atoms with van der Waals surface area (Å²) in [6.07, 6.45) is 9.13. The van der Waals surface area contributed by atoms with E-state index in [0.717, 1.165) is 19.4 Å². The zero-order valence-electron chi connectivity index (χ0n) is 11.4. The first-order chi connectivity index (χ1) is 8.16. The average molecular weight is 235 g/mol. The third-order valence-corrected chi connectivity index (χ3v) is 4.04. The minimum absolute atomic E-state index is 0.306. The van der Waals surface area contributed by atoms with E-state index in [0.29, 0.717) is 11.5 Å². The number of nitrogens with one attached hydrogen (secondary N) is 1. The van der Waals surface area contributed by atoms with Gasteiger partial charge in [-0.3, -0.25) is 4.68 Å². The third kappa shape index (κ3) is 2.71. The Morgan fingerprint density at radius 3 is 2.94 bits per heavy atom. The maximum absolute atomic E-state index is 4.43. The van der Waals surface area contributed by atoms with Gasteiger partial charge in [0.25, 0.3) is 0 Å². The summed E-state index contributed by atoms with van der Waals surface area (Å²) < 4.78 is 2.07. The van der Waals surface area contributed by atoms with Crippen LogP contribution in [0.5, 0.6) is 0 Å². The van der Waals surface area contributed by atoms with Crippen LogP contribution in [0.25, 0.3) is 0 Å². The highest BCUT2D eigenvalue weighted by Crippen LogP contribution is 2.31. The van der Waals surface area contributed by atoms with Crippen molar-refractivity contribution in [2.75, 3.05) is 6.54 Å². The van der Waals surface area contributed by atoms with Crippen molar-refractivity contribution in [1.82, 2.24) is 15.1 Å². The molecule has 1 aliphatic heterocycles. The molecule has 1 aromatic rings. The molecule has 0 saturated carbocycles. The second kappa shape index (κ2) is 5.21. The Kier molecular flexibility index (Phi) is 3.87. The molecule has 1 aliphatic rings. The van der Waals surface area contributed by atoms with Gasteiger partial charge in [-0.1, -0.05) is 20.8 Å². The lowest BCUT2D eigenvalue weighted by molar-refractivity contribution is 0.269. The van der Waals surface area contributed by atoms with E-state index in [-0.39, 0.29) is 0 Å². The van der Waals surface area contributed by atoms with E-state index < -0.39 is 0 Å². The molecule has 1 atom stereocenters. The molecule has 1 unspecified atom stereocenters. The van der Waals surface area contributed by atoms with Crippen LogP contribution in [-0.4, -0.2) is 21.9 Å². The molecule has 0 radical (unpaired) electrons. The SMILES string of the molecule is CCCn1cc(CC2(C(C)C)CCCN2)cn1. The van der Waals surface area contributed by atoms with Crippen molar-refractivity contribution in [3.63, 3.8) is 0 Å². The molecule has 0 bridgehead atoms. The van der Waals surface area contributed by atoms with Crippen LogP contribution in [0.3, 0.4) is 0 Å². The Balaban J connectivity index is 2.07. The second-order valence-electron chi connectivity index (χ2n) is 5.63.